The molecule has 1 rings (SSSR count). The Balaban J connectivity index is 2.87. The fourth-order valence-corrected chi connectivity index (χ4v) is 3.21. The molecule has 0 N–H and O–H groups in total. The lowest BCUT2D eigenvalue weighted by atomic mass is 10.1. The molecular weight excluding hydrogens is 286 g/mol. The number of methoxy groups -OCH3 is 1. The van der Waals surface area contributed by atoms with Crippen molar-refractivity contribution in [1.82, 2.24) is 4.31 Å². The average molecular weight is 306 g/mol. The van der Waals surface area contributed by atoms with Gasteiger partial charge in [-0.05, 0) is 19.4 Å². The Bertz CT molecular complexity index is 517. The van der Waals surface area contributed by atoms with Crippen LogP contribution in [0.5, 0.6) is 5.75 Å². The van der Waals surface area contributed by atoms with E-state index in [1.165, 1.54) is 4.31 Å². The number of ether oxygens (including phenoxy) is 1. The molecule has 1 aromatic carbocycles. The molecule has 6 heteroatoms. The smallest absolute Gasteiger partial charge is 0.214 e. The summed E-state index contributed by atoms with van der Waals surface area (Å²) in [6.45, 7) is 2.26. The first-order valence-electron chi connectivity index (χ1n) is 6.04. The highest BCUT2D eigenvalue weighted by Crippen LogP contribution is 2.22. The van der Waals surface area contributed by atoms with Crippen LogP contribution in [-0.2, 0) is 16.6 Å². The van der Waals surface area contributed by atoms with E-state index in [1.807, 2.05) is 25.1 Å². The van der Waals surface area contributed by atoms with E-state index in [0.29, 0.717) is 24.6 Å². The predicted molar refractivity (Wildman–Crippen MR) is 78.3 cm³/mol. The Hall–Kier alpha value is -0.780. The van der Waals surface area contributed by atoms with Crippen LogP contribution in [0.4, 0.5) is 0 Å². The maximum absolute atomic E-state index is 12.0. The second-order valence-corrected chi connectivity index (χ2v) is 7.00. The molecule has 0 amide bonds. The SMILES string of the molecule is COc1ccc(C)cc1CN(C)S(=O)(=O)CCCCl. The molecule has 0 aliphatic carbocycles. The lowest BCUT2D eigenvalue weighted by Gasteiger charge is -2.18. The molecule has 0 unspecified atom stereocenters. The molecular formula is C13H20ClNO3S. The van der Waals surface area contributed by atoms with E-state index in [2.05, 4.69) is 0 Å². The highest BCUT2D eigenvalue weighted by atomic mass is 35.5. The summed E-state index contributed by atoms with van der Waals surface area (Å²) in [7, 11) is -0.111. The number of alkyl halides is 1. The second kappa shape index (κ2) is 7.12. The van der Waals surface area contributed by atoms with Crippen LogP contribution >= 0.6 is 11.6 Å². The largest absolute Gasteiger partial charge is 0.496 e. The number of halogens is 1. The molecule has 19 heavy (non-hydrogen) atoms. The van der Waals surface area contributed by atoms with Crippen molar-refractivity contribution in [3.63, 3.8) is 0 Å². The Kier molecular flexibility index (Phi) is 6.10. The Morgan fingerprint density at radius 1 is 1.37 bits per heavy atom. The minimum absolute atomic E-state index is 0.0706. The van der Waals surface area contributed by atoms with Gasteiger partial charge in [-0.3, -0.25) is 0 Å². The van der Waals surface area contributed by atoms with Crippen LogP contribution in [0, 0.1) is 6.92 Å². The number of sulfonamides is 1. The lowest BCUT2D eigenvalue weighted by molar-refractivity contribution is 0.398. The van der Waals surface area contributed by atoms with E-state index in [9.17, 15) is 8.42 Å². The quantitative estimate of drug-likeness (QED) is 0.727. The zero-order valence-electron chi connectivity index (χ0n) is 11.5. The van der Waals surface area contributed by atoms with Crippen LogP contribution in [0.2, 0.25) is 0 Å². The minimum Gasteiger partial charge on any atom is -0.496 e. The number of hydrogen-bond acceptors (Lipinski definition) is 3. The highest BCUT2D eigenvalue weighted by Gasteiger charge is 2.18. The fraction of sp³-hybridized carbons (Fsp3) is 0.538. The standard InChI is InChI=1S/C13H20ClNO3S/c1-11-5-6-13(18-3)12(9-11)10-15(2)19(16,17)8-4-7-14/h5-6,9H,4,7-8,10H2,1-3H3. The summed E-state index contributed by atoms with van der Waals surface area (Å²) in [5, 5.41) is 0. The molecule has 0 spiro atoms. The van der Waals surface area contributed by atoms with Crippen LogP contribution in [0.3, 0.4) is 0 Å². The molecule has 0 radical (unpaired) electrons. The van der Waals surface area contributed by atoms with Gasteiger partial charge in [-0.15, -0.1) is 11.6 Å². The number of nitrogens with zero attached hydrogens (tertiary/aromatic N) is 1. The van der Waals surface area contributed by atoms with Crippen LogP contribution in [0.15, 0.2) is 18.2 Å². The van der Waals surface area contributed by atoms with Crippen molar-refractivity contribution < 1.29 is 13.2 Å². The van der Waals surface area contributed by atoms with Gasteiger partial charge in [0.1, 0.15) is 5.75 Å². The first-order valence-corrected chi connectivity index (χ1v) is 8.18. The molecule has 0 saturated carbocycles. The van der Waals surface area contributed by atoms with Crippen LogP contribution in [0.1, 0.15) is 17.5 Å². The predicted octanol–water partition coefficient (Wildman–Crippen LogP) is 2.39. The van der Waals surface area contributed by atoms with Crippen molar-refractivity contribution in [2.45, 2.75) is 19.9 Å². The van der Waals surface area contributed by atoms with Crippen LogP contribution in [-0.4, -0.2) is 38.5 Å². The van der Waals surface area contributed by atoms with Crippen molar-refractivity contribution >= 4 is 21.6 Å². The minimum atomic E-state index is -3.27. The van der Waals surface area contributed by atoms with Gasteiger partial charge in [0.25, 0.3) is 0 Å². The zero-order chi connectivity index (χ0) is 14.5. The molecule has 0 aromatic heterocycles. The van der Waals surface area contributed by atoms with Gasteiger partial charge in [-0.25, -0.2) is 12.7 Å². The van der Waals surface area contributed by atoms with Gasteiger partial charge in [-0.2, -0.15) is 0 Å². The van der Waals surface area contributed by atoms with Gasteiger partial charge in [0.15, 0.2) is 0 Å². The summed E-state index contributed by atoms with van der Waals surface area (Å²) in [6.07, 6.45) is 0.458. The third-order valence-corrected chi connectivity index (χ3v) is 4.99. The van der Waals surface area contributed by atoms with Gasteiger partial charge in [-0.1, -0.05) is 17.7 Å². The van der Waals surface area contributed by atoms with E-state index >= 15 is 0 Å². The monoisotopic (exact) mass is 305 g/mol. The molecule has 0 atom stereocenters. The molecule has 0 aliphatic rings. The number of benzene rings is 1. The second-order valence-electron chi connectivity index (χ2n) is 4.43. The first kappa shape index (κ1) is 16.3. The summed E-state index contributed by atoms with van der Waals surface area (Å²) < 4.78 is 30.6. The maximum Gasteiger partial charge on any atom is 0.214 e. The normalized spacial score (nSPS) is 11.8. The van der Waals surface area contributed by atoms with Gasteiger partial charge >= 0.3 is 0 Å². The number of rotatable bonds is 7. The summed E-state index contributed by atoms with van der Waals surface area (Å²) >= 11 is 5.54. The van der Waals surface area contributed by atoms with Crippen molar-refractivity contribution in [2.24, 2.45) is 0 Å². The molecule has 1 aromatic rings. The fourth-order valence-electron chi connectivity index (χ4n) is 1.76. The Labute approximate surface area is 120 Å². The van der Waals surface area contributed by atoms with Gasteiger partial charge < -0.3 is 4.74 Å². The summed E-state index contributed by atoms with van der Waals surface area (Å²) in [5.74, 6) is 1.12. The van der Waals surface area contributed by atoms with Crippen molar-refractivity contribution in [2.75, 3.05) is 25.8 Å². The van der Waals surface area contributed by atoms with Crippen LogP contribution in [0.25, 0.3) is 0 Å². The molecule has 0 saturated heterocycles. The van der Waals surface area contributed by atoms with Gasteiger partial charge in [0.2, 0.25) is 10.0 Å². The van der Waals surface area contributed by atoms with Crippen molar-refractivity contribution in [1.29, 1.82) is 0 Å². The molecule has 4 nitrogen and oxygen atoms in total. The molecule has 0 bridgehead atoms. The molecule has 0 fully saturated rings. The van der Waals surface area contributed by atoms with Crippen molar-refractivity contribution in [3.8, 4) is 5.75 Å². The Morgan fingerprint density at radius 2 is 2.05 bits per heavy atom. The molecule has 0 heterocycles. The number of hydrogen-bond donors (Lipinski definition) is 0. The van der Waals surface area contributed by atoms with E-state index in [0.717, 1.165) is 11.1 Å². The van der Waals surface area contributed by atoms with Crippen molar-refractivity contribution in [3.05, 3.63) is 29.3 Å². The molecule has 0 aliphatic heterocycles. The van der Waals surface area contributed by atoms with E-state index in [4.69, 9.17) is 16.3 Å². The van der Waals surface area contributed by atoms with Crippen LogP contribution < -0.4 is 4.74 Å². The van der Waals surface area contributed by atoms with Gasteiger partial charge in [0, 0.05) is 25.0 Å². The zero-order valence-corrected chi connectivity index (χ0v) is 13.1. The first-order chi connectivity index (χ1) is 8.90. The number of aryl methyl sites for hydroxylation is 1. The third kappa shape index (κ3) is 4.67. The third-order valence-electron chi connectivity index (χ3n) is 2.84. The van der Waals surface area contributed by atoms with E-state index in [-0.39, 0.29) is 5.75 Å². The lowest BCUT2D eigenvalue weighted by Crippen LogP contribution is -2.29. The van der Waals surface area contributed by atoms with E-state index in [1.54, 1.807) is 14.2 Å². The summed E-state index contributed by atoms with van der Waals surface area (Å²) in [5.41, 5.74) is 1.93. The van der Waals surface area contributed by atoms with E-state index < -0.39 is 10.0 Å². The van der Waals surface area contributed by atoms with Gasteiger partial charge in [0.05, 0.1) is 12.9 Å². The highest BCUT2D eigenvalue weighted by molar-refractivity contribution is 7.89. The topological polar surface area (TPSA) is 46.6 Å². The maximum atomic E-state index is 12.0. The molecule has 108 valence electrons. The Morgan fingerprint density at radius 3 is 2.63 bits per heavy atom. The summed E-state index contributed by atoms with van der Waals surface area (Å²) in [6, 6.07) is 5.72. The average Bonchev–Trinajstić information content (AvgIpc) is 2.36. The summed E-state index contributed by atoms with van der Waals surface area (Å²) in [4.78, 5) is 0.